The van der Waals surface area contributed by atoms with Crippen LogP contribution in [0.5, 0.6) is 5.75 Å². The molecule has 1 N–H and O–H groups in total. The van der Waals surface area contributed by atoms with Crippen LogP contribution in [0.15, 0.2) is 0 Å². The number of carboxylic acids is 1. The van der Waals surface area contributed by atoms with Crippen molar-refractivity contribution in [2.75, 3.05) is 20.6 Å². The highest BCUT2D eigenvalue weighted by atomic mass is 16.5. The SMILES string of the molecule is Cc1c(C)c(C(CCN(C)C)C(=O)O)c(C)c2c1OC(C)CC2. The van der Waals surface area contributed by atoms with Gasteiger partial charge < -0.3 is 14.7 Å². The van der Waals surface area contributed by atoms with E-state index in [2.05, 4.69) is 20.8 Å². The molecule has 2 rings (SSSR count). The Morgan fingerprint density at radius 3 is 2.48 bits per heavy atom. The van der Waals surface area contributed by atoms with Gasteiger partial charge in [0.2, 0.25) is 0 Å². The molecule has 0 radical (unpaired) electrons. The second kappa shape index (κ2) is 6.91. The Labute approximate surface area is 139 Å². The summed E-state index contributed by atoms with van der Waals surface area (Å²) in [6.07, 6.45) is 2.82. The fourth-order valence-corrected chi connectivity index (χ4v) is 3.58. The molecule has 1 aromatic rings. The molecule has 0 spiro atoms. The number of benzene rings is 1. The summed E-state index contributed by atoms with van der Waals surface area (Å²) in [5.74, 6) is -0.206. The average molecular weight is 319 g/mol. The van der Waals surface area contributed by atoms with Crippen molar-refractivity contribution in [2.24, 2.45) is 0 Å². The number of hydrogen-bond acceptors (Lipinski definition) is 3. The van der Waals surface area contributed by atoms with Crippen molar-refractivity contribution in [3.8, 4) is 5.75 Å². The van der Waals surface area contributed by atoms with Crippen molar-refractivity contribution in [3.05, 3.63) is 27.8 Å². The van der Waals surface area contributed by atoms with Crippen LogP contribution < -0.4 is 4.74 Å². The maximum absolute atomic E-state index is 11.9. The molecular weight excluding hydrogens is 290 g/mol. The molecule has 1 aliphatic rings. The zero-order chi connectivity index (χ0) is 17.3. The van der Waals surface area contributed by atoms with E-state index in [1.54, 1.807) is 0 Å². The summed E-state index contributed by atoms with van der Waals surface area (Å²) in [7, 11) is 3.96. The zero-order valence-corrected chi connectivity index (χ0v) is 15.2. The van der Waals surface area contributed by atoms with E-state index in [9.17, 15) is 9.90 Å². The largest absolute Gasteiger partial charge is 0.490 e. The van der Waals surface area contributed by atoms with E-state index in [-0.39, 0.29) is 6.10 Å². The maximum atomic E-state index is 11.9. The lowest BCUT2D eigenvalue weighted by molar-refractivity contribution is -0.139. The molecule has 2 atom stereocenters. The minimum absolute atomic E-state index is 0.231. The Bertz CT molecular complexity index is 607. The van der Waals surface area contributed by atoms with Gasteiger partial charge in [-0.15, -0.1) is 0 Å². The maximum Gasteiger partial charge on any atom is 0.311 e. The third-order valence-corrected chi connectivity index (χ3v) is 5.07. The highest BCUT2D eigenvalue weighted by molar-refractivity contribution is 5.78. The number of aliphatic carboxylic acids is 1. The summed E-state index contributed by atoms with van der Waals surface area (Å²) in [6, 6.07) is 0. The molecule has 4 nitrogen and oxygen atoms in total. The number of fused-ring (bicyclic) bond motifs is 1. The fraction of sp³-hybridized carbons (Fsp3) is 0.632. The number of hydrogen-bond donors (Lipinski definition) is 1. The summed E-state index contributed by atoms with van der Waals surface area (Å²) in [5.41, 5.74) is 5.48. The van der Waals surface area contributed by atoms with E-state index in [1.807, 2.05) is 25.9 Å². The fourth-order valence-electron chi connectivity index (χ4n) is 3.58. The monoisotopic (exact) mass is 319 g/mol. The standard InChI is InChI=1S/C19H29NO3/c1-11-7-8-15-14(4)17(12(2)13(3)18(15)23-11)16(19(21)22)9-10-20(5)6/h11,16H,7-10H2,1-6H3,(H,21,22). The molecule has 4 heteroatoms. The first-order chi connectivity index (χ1) is 10.7. The molecule has 128 valence electrons. The van der Waals surface area contributed by atoms with Crippen molar-refractivity contribution < 1.29 is 14.6 Å². The first kappa shape index (κ1) is 17.8. The normalized spacial score (nSPS) is 18.5. The lowest BCUT2D eigenvalue weighted by atomic mass is 9.81. The molecule has 0 saturated carbocycles. The van der Waals surface area contributed by atoms with E-state index in [4.69, 9.17) is 4.74 Å². The van der Waals surface area contributed by atoms with Crippen LogP contribution in [0.25, 0.3) is 0 Å². The predicted molar refractivity (Wildman–Crippen MR) is 92.6 cm³/mol. The molecule has 0 amide bonds. The smallest absolute Gasteiger partial charge is 0.311 e. The van der Waals surface area contributed by atoms with Gasteiger partial charge in [-0.3, -0.25) is 4.79 Å². The Kier molecular flexibility index (Phi) is 5.35. The average Bonchev–Trinajstić information content (AvgIpc) is 2.47. The van der Waals surface area contributed by atoms with Crippen molar-refractivity contribution >= 4 is 5.97 Å². The number of carboxylic acid groups (broad SMARTS) is 1. The van der Waals surface area contributed by atoms with Crippen molar-refractivity contribution in [1.29, 1.82) is 0 Å². The molecule has 0 aliphatic carbocycles. The lowest BCUT2D eigenvalue weighted by Gasteiger charge is -2.31. The summed E-state index contributed by atoms with van der Waals surface area (Å²) in [4.78, 5) is 13.9. The van der Waals surface area contributed by atoms with Crippen LogP contribution in [0.2, 0.25) is 0 Å². The van der Waals surface area contributed by atoms with Gasteiger partial charge in [0.05, 0.1) is 12.0 Å². The molecule has 0 fully saturated rings. The Hall–Kier alpha value is -1.55. The van der Waals surface area contributed by atoms with Crippen LogP contribution in [0, 0.1) is 20.8 Å². The van der Waals surface area contributed by atoms with Gasteiger partial charge in [0.15, 0.2) is 0 Å². The van der Waals surface area contributed by atoms with Crippen molar-refractivity contribution in [1.82, 2.24) is 4.90 Å². The first-order valence-corrected chi connectivity index (χ1v) is 8.40. The quantitative estimate of drug-likeness (QED) is 0.903. The van der Waals surface area contributed by atoms with Crippen LogP contribution in [0.1, 0.15) is 53.5 Å². The van der Waals surface area contributed by atoms with Gasteiger partial charge in [-0.25, -0.2) is 0 Å². The Morgan fingerprint density at radius 2 is 1.91 bits per heavy atom. The Morgan fingerprint density at radius 1 is 1.26 bits per heavy atom. The van der Waals surface area contributed by atoms with E-state index in [1.165, 1.54) is 5.56 Å². The van der Waals surface area contributed by atoms with E-state index in [0.29, 0.717) is 6.42 Å². The zero-order valence-electron chi connectivity index (χ0n) is 15.2. The minimum atomic E-state index is -0.734. The number of rotatable bonds is 5. The van der Waals surface area contributed by atoms with Crippen molar-refractivity contribution in [3.63, 3.8) is 0 Å². The first-order valence-electron chi connectivity index (χ1n) is 8.40. The van der Waals surface area contributed by atoms with Crippen molar-refractivity contribution in [2.45, 2.75) is 59.0 Å². The van der Waals surface area contributed by atoms with Gasteiger partial charge in [-0.1, -0.05) is 0 Å². The van der Waals surface area contributed by atoms with E-state index < -0.39 is 11.9 Å². The van der Waals surface area contributed by atoms with Crippen LogP contribution in [-0.4, -0.2) is 42.7 Å². The van der Waals surface area contributed by atoms with Crippen LogP contribution >= 0.6 is 0 Å². The number of ether oxygens (including phenoxy) is 1. The topological polar surface area (TPSA) is 49.8 Å². The molecule has 1 aromatic carbocycles. The molecule has 23 heavy (non-hydrogen) atoms. The predicted octanol–water partition coefficient (Wildman–Crippen LogP) is 3.45. The van der Waals surface area contributed by atoms with Gasteiger partial charge in [0.1, 0.15) is 5.75 Å². The molecule has 2 unspecified atom stereocenters. The highest BCUT2D eigenvalue weighted by Gasteiger charge is 2.30. The third kappa shape index (κ3) is 3.52. The minimum Gasteiger partial charge on any atom is -0.490 e. The molecule has 0 aromatic heterocycles. The second-order valence-corrected chi connectivity index (χ2v) is 7.05. The summed E-state index contributed by atoms with van der Waals surface area (Å²) >= 11 is 0. The van der Waals surface area contributed by atoms with Gasteiger partial charge in [-0.2, -0.15) is 0 Å². The van der Waals surface area contributed by atoms with Crippen LogP contribution in [0.3, 0.4) is 0 Å². The lowest BCUT2D eigenvalue weighted by Crippen LogP contribution is -2.25. The second-order valence-electron chi connectivity index (χ2n) is 7.05. The van der Waals surface area contributed by atoms with Gasteiger partial charge >= 0.3 is 5.97 Å². The summed E-state index contributed by atoms with van der Waals surface area (Å²) in [6.45, 7) is 9.01. The van der Waals surface area contributed by atoms with Gasteiger partial charge in [0, 0.05) is 0 Å². The third-order valence-electron chi connectivity index (χ3n) is 5.07. The number of nitrogens with zero attached hydrogens (tertiary/aromatic N) is 1. The summed E-state index contributed by atoms with van der Waals surface area (Å²) in [5, 5.41) is 9.78. The summed E-state index contributed by atoms with van der Waals surface area (Å²) < 4.78 is 6.06. The molecule has 1 heterocycles. The highest BCUT2D eigenvalue weighted by Crippen LogP contribution is 2.41. The Balaban J connectivity index is 2.53. The van der Waals surface area contributed by atoms with Gasteiger partial charge in [0.25, 0.3) is 0 Å². The van der Waals surface area contributed by atoms with E-state index in [0.717, 1.165) is 47.4 Å². The van der Waals surface area contributed by atoms with Crippen LogP contribution in [0.4, 0.5) is 0 Å². The van der Waals surface area contributed by atoms with Crippen LogP contribution in [-0.2, 0) is 11.2 Å². The molecule has 0 bridgehead atoms. The van der Waals surface area contributed by atoms with E-state index >= 15 is 0 Å². The molecular formula is C19H29NO3. The molecule has 0 saturated heterocycles. The number of carbonyl (C=O) groups is 1. The molecule has 1 aliphatic heterocycles. The van der Waals surface area contributed by atoms with Gasteiger partial charge in [-0.05, 0) is 95.4 Å².